The Labute approximate surface area is 234 Å². The zero-order chi connectivity index (χ0) is 28.9. The highest BCUT2D eigenvalue weighted by molar-refractivity contribution is 5.98. The second kappa shape index (κ2) is 12.5. The van der Waals surface area contributed by atoms with E-state index in [0.29, 0.717) is 32.4 Å². The molecule has 0 bridgehead atoms. The molecule has 1 saturated carbocycles. The van der Waals surface area contributed by atoms with Crippen LogP contribution in [0.3, 0.4) is 0 Å². The number of likely N-dealkylation sites (tertiary alicyclic amines) is 1. The number of hydrogen-bond donors (Lipinski definition) is 2. The fraction of sp³-hybridized carbons (Fsp3) is 0.484. The van der Waals surface area contributed by atoms with Gasteiger partial charge in [-0.1, -0.05) is 30.3 Å². The van der Waals surface area contributed by atoms with E-state index in [2.05, 4.69) is 10.6 Å². The van der Waals surface area contributed by atoms with E-state index in [4.69, 9.17) is 10.00 Å². The first-order valence-electron chi connectivity index (χ1n) is 13.9. The minimum Gasteiger partial charge on any atom is -0.444 e. The predicted molar refractivity (Wildman–Crippen MR) is 149 cm³/mol. The number of nitriles is 1. The molecule has 3 amide bonds. The first kappa shape index (κ1) is 29.1. The second-order valence-corrected chi connectivity index (χ2v) is 11.7. The third-order valence-electron chi connectivity index (χ3n) is 7.66. The molecule has 0 radical (unpaired) electrons. The van der Waals surface area contributed by atoms with Gasteiger partial charge in [0.15, 0.2) is 0 Å². The van der Waals surface area contributed by atoms with Crippen molar-refractivity contribution in [2.75, 3.05) is 18.4 Å². The van der Waals surface area contributed by atoms with Crippen LogP contribution < -0.4 is 10.6 Å². The monoisotopic (exact) mass is 548 g/mol. The van der Waals surface area contributed by atoms with Crippen molar-refractivity contribution in [3.8, 4) is 6.07 Å². The van der Waals surface area contributed by atoms with Crippen molar-refractivity contribution in [2.24, 2.45) is 11.8 Å². The summed E-state index contributed by atoms with van der Waals surface area (Å²) in [6.07, 6.45) is 3.16. The van der Waals surface area contributed by atoms with Gasteiger partial charge in [0.1, 0.15) is 23.5 Å². The molecule has 0 spiro atoms. The Balaban J connectivity index is 1.43. The maximum atomic E-state index is 14.2. The van der Waals surface area contributed by atoms with Crippen molar-refractivity contribution in [1.29, 1.82) is 5.26 Å². The van der Waals surface area contributed by atoms with Crippen LogP contribution in [0.4, 0.5) is 14.9 Å². The van der Waals surface area contributed by atoms with Crippen molar-refractivity contribution in [2.45, 2.75) is 70.4 Å². The van der Waals surface area contributed by atoms with Gasteiger partial charge in [-0.15, -0.1) is 0 Å². The highest BCUT2D eigenvalue weighted by Gasteiger charge is 2.44. The van der Waals surface area contributed by atoms with Gasteiger partial charge in [0, 0.05) is 30.6 Å². The number of carbonyl (C=O) groups excluding carboxylic acids is 3. The van der Waals surface area contributed by atoms with E-state index in [1.165, 1.54) is 12.1 Å². The number of nitrogens with zero attached hydrogens (tertiary/aromatic N) is 2. The number of halogens is 1. The van der Waals surface area contributed by atoms with E-state index in [9.17, 15) is 18.8 Å². The summed E-state index contributed by atoms with van der Waals surface area (Å²) >= 11 is 0. The lowest BCUT2D eigenvalue weighted by atomic mass is 9.81. The van der Waals surface area contributed by atoms with Crippen LogP contribution in [0.15, 0.2) is 48.5 Å². The van der Waals surface area contributed by atoms with Crippen LogP contribution in [0.25, 0.3) is 0 Å². The number of anilines is 1. The van der Waals surface area contributed by atoms with Crippen LogP contribution in [-0.4, -0.2) is 47.5 Å². The fourth-order valence-corrected chi connectivity index (χ4v) is 5.70. The zero-order valence-electron chi connectivity index (χ0n) is 23.3. The third-order valence-corrected chi connectivity index (χ3v) is 7.66. The van der Waals surface area contributed by atoms with Gasteiger partial charge in [0.05, 0.1) is 5.56 Å². The summed E-state index contributed by atoms with van der Waals surface area (Å²) in [7, 11) is 0. The Morgan fingerprint density at radius 1 is 1.05 bits per heavy atom. The Bertz CT molecular complexity index is 1260. The molecule has 2 atom stereocenters. The molecule has 0 aromatic heterocycles. The molecule has 4 rings (SSSR count). The molecular formula is C31H37FN4O4. The van der Waals surface area contributed by atoms with Gasteiger partial charge in [-0.25, -0.2) is 9.18 Å². The number of hydrogen-bond acceptors (Lipinski definition) is 5. The Morgan fingerprint density at radius 3 is 2.38 bits per heavy atom. The molecule has 1 heterocycles. The highest BCUT2D eigenvalue weighted by Crippen LogP contribution is 2.38. The smallest absolute Gasteiger partial charge is 0.407 e. The van der Waals surface area contributed by atoms with Gasteiger partial charge in [-0.05, 0) is 82.6 Å². The van der Waals surface area contributed by atoms with E-state index in [-0.39, 0.29) is 40.8 Å². The molecule has 2 aliphatic rings. The zero-order valence-corrected chi connectivity index (χ0v) is 23.3. The van der Waals surface area contributed by atoms with Gasteiger partial charge in [0.2, 0.25) is 11.8 Å². The number of alkyl carbamates (subject to hydrolysis) is 1. The lowest BCUT2D eigenvalue weighted by Gasteiger charge is -2.34. The SMILES string of the molecule is CC(C)(C)OC(=O)NC[C@H]1CC[C@H](C(=O)N2CCC(c3ccccc3)C2C(=O)Nc2ccc(C#N)c(F)c2)CC1. The number of benzene rings is 2. The molecule has 8 nitrogen and oxygen atoms in total. The van der Waals surface area contributed by atoms with Crippen LogP contribution in [0.2, 0.25) is 0 Å². The minimum atomic E-state index is -0.736. The van der Waals surface area contributed by atoms with E-state index in [1.54, 1.807) is 11.0 Å². The standard InChI is InChI=1S/C31H37FN4O4/c1-31(2,3)40-30(39)34-19-20-9-11-22(12-10-20)29(38)36-16-15-25(21-7-5-4-6-8-21)27(36)28(37)35-24-14-13-23(18-33)26(32)17-24/h4-8,13-14,17,20,22,25,27H,9-12,15-16,19H2,1-3H3,(H,34,39)(H,35,37)/t20-,22-,25?,27?. The van der Waals surface area contributed by atoms with Gasteiger partial charge < -0.3 is 20.3 Å². The van der Waals surface area contributed by atoms with Crippen LogP contribution >= 0.6 is 0 Å². The topological polar surface area (TPSA) is 112 Å². The molecular weight excluding hydrogens is 511 g/mol. The molecule has 2 N–H and O–H groups in total. The summed E-state index contributed by atoms with van der Waals surface area (Å²) in [5.74, 6) is -1.25. The maximum Gasteiger partial charge on any atom is 0.407 e. The summed E-state index contributed by atoms with van der Waals surface area (Å²) in [6.45, 7) is 6.42. The number of amides is 3. The van der Waals surface area contributed by atoms with E-state index in [1.807, 2.05) is 51.1 Å². The number of carbonyl (C=O) groups is 3. The van der Waals surface area contributed by atoms with Crippen LogP contribution in [0.1, 0.15) is 69.9 Å². The van der Waals surface area contributed by atoms with E-state index >= 15 is 0 Å². The van der Waals surface area contributed by atoms with Gasteiger partial charge in [-0.3, -0.25) is 9.59 Å². The molecule has 2 unspecified atom stereocenters. The Hall–Kier alpha value is -3.93. The van der Waals surface area contributed by atoms with E-state index in [0.717, 1.165) is 24.5 Å². The molecule has 1 saturated heterocycles. The second-order valence-electron chi connectivity index (χ2n) is 11.7. The van der Waals surface area contributed by atoms with Crippen molar-refractivity contribution >= 4 is 23.6 Å². The average molecular weight is 549 g/mol. The molecule has 2 aromatic carbocycles. The highest BCUT2D eigenvalue weighted by atomic mass is 19.1. The Kier molecular flexibility index (Phi) is 9.08. The molecule has 2 fully saturated rings. The van der Waals surface area contributed by atoms with Crippen LogP contribution in [0, 0.1) is 29.0 Å². The summed E-state index contributed by atoms with van der Waals surface area (Å²) in [5, 5.41) is 14.6. The first-order chi connectivity index (χ1) is 19.1. The molecule has 212 valence electrons. The Morgan fingerprint density at radius 2 is 1.75 bits per heavy atom. The van der Waals surface area contributed by atoms with Gasteiger partial charge >= 0.3 is 6.09 Å². The lowest BCUT2D eigenvalue weighted by Crippen LogP contribution is -2.48. The van der Waals surface area contributed by atoms with Crippen LogP contribution in [0.5, 0.6) is 0 Å². The fourth-order valence-electron chi connectivity index (χ4n) is 5.70. The summed E-state index contributed by atoms with van der Waals surface area (Å²) in [5.41, 5.74) is 0.555. The van der Waals surface area contributed by atoms with Gasteiger partial charge in [0.25, 0.3) is 0 Å². The van der Waals surface area contributed by atoms with Crippen molar-refractivity contribution in [1.82, 2.24) is 10.2 Å². The number of ether oxygens (including phenoxy) is 1. The normalized spacial score (nSPS) is 22.7. The van der Waals surface area contributed by atoms with Crippen LogP contribution in [-0.2, 0) is 14.3 Å². The van der Waals surface area contributed by atoms with Crippen molar-refractivity contribution < 1.29 is 23.5 Å². The molecule has 2 aromatic rings. The quantitative estimate of drug-likeness (QED) is 0.505. The summed E-state index contributed by atoms with van der Waals surface area (Å²) in [6, 6.07) is 14.6. The largest absolute Gasteiger partial charge is 0.444 e. The van der Waals surface area contributed by atoms with Crippen molar-refractivity contribution in [3.05, 3.63) is 65.5 Å². The molecule has 9 heteroatoms. The number of rotatable bonds is 6. The van der Waals surface area contributed by atoms with Gasteiger partial charge in [-0.2, -0.15) is 5.26 Å². The minimum absolute atomic E-state index is 0.0388. The average Bonchev–Trinajstić information content (AvgIpc) is 3.37. The summed E-state index contributed by atoms with van der Waals surface area (Å²) in [4.78, 5) is 41.1. The van der Waals surface area contributed by atoms with E-state index < -0.39 is 23.6 Å². The molecule has 40 heavy (non-hydrogen) atoms. The third kappa shape index (κ3) is 7.17. The summed E-state index contributed by atoms with van der Waals surface area (Å²) < 4.78 is 19.5. The molecule has 1 aliphatic carbocycles. The van der Waals surface area contributed by atoms with Crippen molar-refractivity contribution in [3.63, 3.8) is 0 Å². The maximum absolute atomic E-state index is 14.2. The molecule has 1 aliphatic heterocycles. The number of nitrogens with one attached hydrogen (secondary N) is 2. The lowest BCUT2D eigenvalue weighted by molar-refractivity contribution is -0.141. The predicted octanol–water partition coefficient (Wildman–Crippen LogP) is 5.35. The first-order valence-corrected chi connectivity index (χ1v) is 13.9.